The van der Waals surface area contributed by atoms with Crippen LogP contribution in [-0.2, 0) is 9.47 Å². The zero-order chi connectivity index (χ0) is 14.7. The Kier molecular flexibility index (Phi) is 10.4. The summed E-state index contributed by atoms with van der Waals surface area (Å²) in [4.78, 5) is 4.04. The van der Waals surface area contributed by atoms with E-state index in [1.165, 1.54) is 0 Å². The van der Waals surface area contributed by atoms with E-state index in [0.717, 1.165) is 13.1 Å². The van der Waals surface area contributed by atoms with Crippen molar-refractivity contribution in [2.75, 3.05) is 80.9 Å². The van der Waals surface area contributed by atoms with E-state index in [1.54, 1.807) is 0 Å². The van der Waals surface area contributed by atoms with Gasteiger partial charge in [-0.25, -0.2) is 0 Å². The van der Waals surface area contributed by atoms with E-state index >= 15 is 0 Å². The molecule has 2 N–H and O–H groups in total. The first-order valence-electron chi connectivity index (χ1n) is 6.62. The van der Waals surface area contributed by atoms with Gasteiger partial charge in [0.1, 0.15) is 0 Å². The predicted molar refractivity (Wildman–Crippen MR) is 75.4 cm³/mol. The maximum absolute atomic E-state index is 9.45. The summed E-state index contributed by atoms with van der Waals surface area (Å²) in [5.74, 6) is 0. The van der Waals surface area contributed by atoms with Crippen LogP contribution in [0, 0.1) is 5.41 Å². The van der Waals surface area contributed by atoms with Crippen LogP contribution in [0.15, 0.2) is 0 Å². The molecule has 0 bridgehead atoms. The van der Waals surface area contributed by atoms with Crippen molar-refractivity contribution >= 4 is 0 Å². The van der Waals surface area contributed by atoms with Gasteiger partial charge < -0.3 is 29.5 Å². The lowest BCUT2D eigenvalue weighted by molar-refractivity contribution is -0.0789. The monoisotopic (exact) mass is 278 g/mol. The standard InChI is InChI=1S/C13H30N2O4/c1-14(2)5-7-18-11-13(9-16,10-17)12-19-8-6-15(3)4/h16-17H,5-12H2,1-4H3. The first kappa shape index (κ1) is 18.8. The van der Waals surface area contributed by atoms with Crippen molar-refractivity contribution in [3.63, 3.8) is 0 Å². The van der Waals surface area contributed by atoms with Gasteiger partial charge in [0, 0.05) is 13.1 Å². The molecule has 116 valence electrons. The minimum atomic E-state index is -0.710. The second-order valence-electron chi connectivity index (χ2n) is 5.53. The topological polar surface area (TPSA) is 65.4 Å². The van der Waals surface area contributed by atoms with Gasteiger partial charge in [0.05, 0.1) is 45.1 Å². The smallest absolute Gasteiger partial charge is 0.0632 e. The number of nitrogens with zero attached hydrogens (tertiary/aromatic N) is 2. The number of hydrogen-bond donors (Lipinski definition) is 2. The highest BCUT2D eigenvalue weighted by molar-refractivity contribution is 4.77. The largest absolute Gasteiger partial charge is 0.396 e. The fraction of sp³-hybridized carbons (Fsp3) is 1.00. The Bertz CT molecular complexity index is 191. The predicted octanol–water partition coefficient (Wildman–Crippen LogP) is -0.886. The molecule has 0 aromatic rings. The summed E-state index contributed by atoms with van der Waals surface area (Å²) in [6, 6.07) is 0. The third kappa shape index (κ3) is 9.32. The number of aliphatic hydroxyl groups excluding tert-OH is 2. The van der Waals surface area contributed by atoms with Crippen LogP contribution in [0.25, 0.3) is 0 Å². The molecule has 0 atom stereocenters. The van der Waals surface area contributed by atoms with Crippen LogP contribution < -0.4 is 0 Å². The highest BCUT2D eigenvalue weighted by Gasteiger charge is 2.29. The van der Waals surface area contributed by atoms with E-state index in [1.807, 2.05) is 38.0 Å². The van der Waals surface area contributed by atoms with Gasteiger partial charge in [-0.05, 0) is 28.2 Å². The van der Waals surface area contributed by atoms with E-state index in [0.29, 0.717) is 26.4 Å². The van der Waals surface area contributed by atoms with Gasteiger partial charge in [-0.15, -0.1) is 0 Å². The Morgan fingerprint density at radius 1 is 0.789 bits per heavy atom. The fourth-order valence-electron chi connectivity index (χ4n) is 1.35. The third-order valence-electron chi connectivity index (χ3n) is 2.85. The molecule has 0 spiro atoms. The molecular formula is C13H30N2O4. The Morgan fingerprint density at radius 2 is 1.16 bits per heavy atom. The molecule has 0 heterocycles. The number of likely N-dealkylation sites (N-methyl/N-ethyl adjacent to an activating group) is 2. The van der Waals surface area contributed by atoms with E-state index in [4.69, 9.17) is 9.47 Å². The summed E-state index contributed by atoms with van der Waals surface area (Å²) in [6.45, 7) is 3.09. The van der Waals surface area contributed by atoms with Gasteiger partial charge in [-0.1, -0.05) is 0 Å². The van der Waals surface area contributed by atoms with E-state index in [9.17, 15) is 10.2 Å². The van der Waals surface area contributed by atoms with Crippen molar-refractivity contribution < 1.29 is 19.7 Å². The van der Waals surface area contributed by atoms with Crippen LogP contribution in [-0.4, -0.2) is 101 Å². The van der Waals surface area contributed by atoms with Gasteiger partial charge in [-0.2, -0.15) is 0 Å². The number of ether oxygens (including phenoxy) is 2. The van der Waals surface area contributed by atoms with Crippen LogP contribution in [0.2, 0.25) is 0 Å². The Labute approximate surface area is 116 Å². The second kappa shape index (κ2) is 10.5. The second-order valence-corrected chi connectivity index (χ2v) is 5.53. The molecule has 0 amide bonds. The quantitative estimate of drug-likeness (QED) is 0.452. The SMILES string of the molecule is CN(C)CCOCC(CO)(CO)COCCN(C)C. The maximum Gasteiger partial charge on any atom is 0.0632 e. The summed E-state index contributed by atoms with van der Waals surface area (Å²) < 4.78 is 11.0. The Balaban J connectivity index is 3.96. The Hall–Kier alpha value is -0.240. The minimum Gasteiger partial charge on any atom is -0.396 e. The molecule has 0 aliphatic carbocycles. The molecule has 0 rings (SSSR count). The average molecular weight is 278 g/mol. The zero-order valence-electron chi connectivity index (χ0n) is 12.8. The van der Waals surface area contributed by atoms with Crippen LogP contribution in [0.1, 0.15) is 0 Å². The normalized spacial score (nSPS) is 12.6. The van der Waals surface area contributed by atoms with Crippen molar-refractivity contribution in [2.45, 2.75) is 0 Å². The third-order valence-corrected chi connectivity index (χ3v) is 2.85. The van der Waals surface area contributed by atoms with Crippen LogP contribution >= 0.6 is 0 Å². The molecule has 0 saturated carbocycles. The van der Waals surface area contributed by atoms with Gasteiger partial charge >= 0.3 is 0 Å². The van der Waals surface area contributed by atoms with E-state index < -0.39 is 5.41 Å². The molecule has 0 aromatic carbocycles. The highest BCUT2D eigenvalue weighted by Crippen LogP contribution is 2.17. The van der Waals surface area contributed by atoms with Gasteiger partial charge in [0.15, 0.2) is 0 Å². The fourth-order valence-corrected chi connectivity index (χ4v) is 1.35. The lowest BCUT2D eigenvalue weighted by Gasteiger charge is -2.29. The van der Waals surface area contributed by atoms with Crippen molar-refractivity contribution in [3.8, 4) is 0 Å². The molecular weight excluding hydrogens is 248 g/mol. The Morgan fingerprint density at radius 3 is 1.42 bits per heavy atom. The highest BCUT2D eigenvalue weighted by atomic mass is 16.5. The molecule has 6 heteroatoms. The van der Waals surface area contributed by atoms with Crippen LogP contribution in [0.4, 0.5) is 0 Å². The van der Waals surface area contributed by atoms with Crippen LogP contribution in [0.3, 0.4) is 0 Å². The molecule has 0 aliphatic rings. The summed E-state index contributed by atoms with van der Waals surface area (Å²) in [6.07, 6.45) is 0. The van der Waals surface area contributed by atoms with Crippen molar-refractivity contribution in [3.05, 3.63) is 0 Å². The maximum atomic E-state index is 9.45. The average Bonchev–Trinajstić information content (AvgIpc) is 2.37. The van der Waals surface area contributed by atoms with Gasteiger partial charge in [0.25, 0.3) is 0 Å². The summed E-state index contributed by atoms with van der Waals surface area (Å²) in [5, 5.41) is 18.9. The first-order valence-corrected chi connectivity index (χ1v) is 6.62. The molecule has 0 radical (unpaired) electrons. The number of hydrogen-bond acceptors (Lipinski definition) is 6. The summed E-state index contributed by atoms with van der Waals surface area (Å²) in [5.41, 5.74) is -0.710. The molecule has 0 aliphatic heterocycles. The molecule has 0 fully saturated rings. The number of aliphatic hydroxyl groups is 2. The molecule has 19 heavy (non-hydrogen) atoms. The van der Waals surface area contributed by atoms with E-state index in [-0.39, 0.29) is 13.2 Å². The van der Waals surface area contributed by atoms with Crippen molar-refractivity contribution in [2.24, 2.45) is 5.41 Å². The first-order chi connectivity index (χ1) is 8.95. The molecule has 0 unspecified atom stereocenters. The summed E-state index contributed by atoms with van der Waals surface area (Å²) >= 11 is 0. The lowest BCUT2D eigenvalue weighted by atomic mass is 9.92. The number of rotatable bonds is 12. The van der Waals surface area contributed by atoms with Crippen molar-refractivity contribution in [1.82, 2.24) is 9.80 Å². The zero-order valence-corrected chi connectivity index (χ0v) is 12.8. The van der Waals surface area contributed by atoms with Gasteiger partial charge in [0.2, 0.25) is 0 Å². The molecule has 0 aromatic heterocycles. The lowest BCUT2D eigenvalue weighted by Crippen LogP contribution is -2.41. The molecule has 0 saturated heterocycles. The summed E-state index contributed by atoms with van der Waals surface area (Å²) in [7, 11) is 7.89. The van der Waals surface area contributed by atoms with Crippen molar-refractivity contribution in [1.29, 1.82) is 0 Å². The minimum absolute atomic E-state index is 0.145. The molecule has 6 nitrogen and oxygen atoms in total. The van der Waals surface area contributed by atoms with Crippen LogP contribution in [0.5, 0.6) is 0 Å². The van der Waals surface area contributed by atoms with E-state index in [2.05, 4.69) is 0 Å². The van der Waals surface area contributed by atoms with Gasteiger partial charge in [-0.3, -0.25) is 0 Å².